The molecule has 3 unspecified atom stereocenters. The van der Waals surface area contributed by atoms with Gasteiger partial charge in [0.2, 0.25) is 5.91 Å². The third-order valence-electron chi connectivity index (χ3n) is 14.3. The average molecular weight is 1110 g/mol. The number of unbranched alkanes of at least 4 members (excludes halogenated alkanes) is 32. The number of nitrogens with one attached hydrogen (secondary N) is 1. The third kappa shape index (κ3) is 61.0. The van der Waals surface area contributed by atoms with Gasteiger partial charge in [0.05, 0.1) is 39.9 Å². The molecule has 0 aliphatic carbocycles. The van der Waals surface area contributed by atoms with Gasteiger partial charge in [-0.2, -0.15) is 0 Å². The third-order valence-corrected chi connectivity index (χ3v) is 15.2. The largest absolute Gasteiger partial charge is 0.756 e. The molecule has 0 aliphatic rings. The van der Waals surface area contributed by atoms with E-state index in [1.807, 2.05) is 27.2 Å². The van der Waals surface area contributed by atoms with Crippen LogP contribution in [0.5, 0.6) is 0 Å². The van der Waals surface area contributed by atoms with Crippen molar-refractivity contribution in [2.75, 3.05) is 40.9 Å². The second-order valence-corrected chi connectivity index (χ2v) is 24.5. The Morgan fingerprint density at radius 3 is 1.19 bits per heavy atom. The lowest BCUT2D eigenvalue weighted by Gasteiger charge is -2.29. The second-order valence-electron chi connectivity index (χ2n) is 23.1. The minimum Gasteiger partial charge on any atom is -0.756 e. The van der Waals surface area contributed by atoms with E-state index >= 15 is 0 Å². The van der Waals surface area contributed by atoms with E-state index in [0.717, 1.165) is 89.9 Å². The van der Waals surface area contributed by atoms with Gasteiger partial charge in [-0.15, -0.1) is 0 Å². The Bertz CT molecular complexity index is 1590. The highest BCUT2D eigenvalue weighted by molar-refractivity contribution is 7.45. The average Bonchev–Trinajstić information content (AvgIpc) is 3.41. The summed E-state index contributed by atoms with van der Waals surface area (Å²) in [6, 6.07) is -0.921. The smallest absolute Gasteiger partial charge is 0.268 e. The standard InChI is InChI=1S/C69H125N2O6P/c1-6-8-10-12-14-16-18-20-22-24-26-28-30-32-33-34-35-36-37-39-40-42-44-46-48-50-52-54-56-58-60-62-68(72)67(66-77-78(74,75)76-65-64-71(3,4)5)70-69(73)63-61-59-57-55-53-51-49-47-45-43-41-38-31-29-27-25-23-21-19-17-15-13-11-9-7-2/h9,11,15,17,21,23,27,29,38,41,44,46,52,54,60,62,67-68,72H,6-8,10,12-14,16,18-20,22,24-26,28,30-37,39-40,42-43,45,47-51,53,55-59,61,63-66H2,1-5H3,(H-,70,73,74,75)/b11-9-,17-15-,23-21-,29-27-,41-38-,46-44+,54-52+,62-60+. The number of phosphoric acid groups is 1. The van der Waals surface area contributed by atoms with Crippen LogP contribution in [0.2, 0.25) is 0 Å². The Morgan fingerprint density at radius 1 is 0.462 bits per heavy atom. The first-order valence-electron chi connectivity index (χ1n) is 32.6. The first kappa shape index (κ1) is 75.4. The highest BCUT2D eigenvalue weighted by Gasteiger charge is 2.23. The topological polar surface area (TPSA) is 108 Å². The Hall–Kier alpha value is -2.58. The van der Waals surface area contributed by atoms with Crippen LogP contribution in [-0.4, -0.2) is 68.5 Å². The van der Waals surface area contributed by atoms with Crippen molar-refractivity contribution in [3.05, 3.63) is 97.2 Å². The maximum Gasteiger partial charge on any atom is 0.268 e. The molecule has 1 amide bonds. The van der Waals surface area contributed by atoms with Crippen molar-refractivity contribution in [3.63, 3.8) is 0 Å². The van der Waals surface area contributed by atoms with Crippen LogP contribution in [-0.2, 0) is 18.4 Å². The molecule has 8 nitrogen and oxygen atoms in total. The number of carbonyl (C=O) groups excluding carboxylic acids is 1. The number of aliphatic hydroxyl groups is 1. The van der Waals surface area contributed by atoms with E-state index in [1.165, 1.54) is 173 Å². The molecule has 0 saturated carbocycles. The van der Waals surface area contributed by atoms with Crippen molar-refractivity contribution < 1.29 is 32.9 Å². The van der Waals surface area contributed by atoms with E-state index in [2.05, 4.69) is 104 Å². The van der Waals surface area contributed by atoms with E-state index in [9.17, 15) is 19.4 Å². The molecule has 3 atom stereocenters. The molecular weight excluding hydrogens is 984 g/mol. The molecule has 78 heavy (non-hydrogen) atoms. The zero-order valence-corrected chi connectivity index (χ0v) is 52.5. The molecule has 0 aromatic carbocycles. The first-order chi connectivity index (χ1) is 38.0. The first-order valence-corrected chi connectivity index (χ1v) is 34.1. The van der Waals surface area contributed by atoms with E-state index in [-0.39, 0.29) is 12.5 Å². The summed E-state index contributed by atoms with van der Waals surface area (Å²) in [7, 11) is 1.22. The van der Waals surface area contributed by atoms with Crippen LogP contribution in [0.3, 0.4) is 0 Å². The number of carbonyl (C=O) groups is 1. The van der Waals surface area contributed by atoms with Gasteiger partial charge in [-0.1, -0.05) is 284 Å². The second kappa shape index (κ2) is 59.1. The number of aliphatic hydroxyl groups excluding tert-OH is 1. The summed E-state index contributed by atoms with van der Waals surface area (Å²) >= 11 is 0. The van der Waals surface area contributed by atoms with Crippen LogP contribution in [0.1, 0.15) is 284 Å². The molecule has 0 heterocycles. The number of phosphoric ester groups is 1. The summed E-state index contributed by atoms with van der Waals surface area (Å²) in [5, 5.41) is 13.9. The lowest BCUT2D eigenvalue weighted by Crippen LogP contribution is -2.45. The van der Waals surface area contributed by atoms with Gasteiger partial charge in [0.1, 0.15) is 13.2 Å². The molecule has 0 spiro atoms. The fourth-order valence-electron chi connectivity index (χ4n) is 9.21. The van der Waals surface area contributed by atoms with Crippen molar-refractivity contribution >= 4 is 13.7 Å². The molecule has 0 aromatic heterocycles. The van der Waals surface area contributed by atoms with Crippen LogP contribution < -0.4 is 10.2 Å². The number of likely N-dealkylation sites (N-methyl/N-ethyl adjacent to an activating group) is 1. The van der Waals surface area contributed by atoms with Gasteiger partial charge in [-0.25, -0.2) is 0 Å². The molecule has 2 N–H and O–H groups in total. The number of hydrogen-bond acceptors (Lipinski definition) is 6. The Balaban J connectivity index is 4.22. The minimum absolute atomic E-state index is 0.0148. The highest BCUT2D eigenvalue weighted by atomic mass is 31.2. The molecule has 452 valence electrons. The van der Waals surface area contributed by atoms with Gasteiger partial charge in [0, 0.05) is 6.42 Å². The summed E-state index contributed by atoms with van der Waals surface area (Å²) in [5.74, 6) is -0.219. The summed E-state index contributed by atoms with van der Waals surface area (Å²) in [4.78, 5) is 25.6. The van der Waals surface area contributed by atoms with Crippen LogP contribution >= 0.6 is 7.82 Å². The number of quaternary nitrogens is 1. The summed E-state index contributed by atoms with van der Waals surface area (Å²) < 4.78 is 23.4. The number of hydrogen-bond donors (Lipinski definition) is 2. The molecular formula is C69H125N2O6P. The molecule has 0 aromatic rings. The quantitative estimate of drug-likeness (QED) is 0.0272. The van der Waals surface area contributed by atoms with Gasteiger partial charge in [-0.05, 0) is 89.9 Å². The Labute approximate surface area is 483 Å². The fraction of sp³-hybridized carbons (Fsp3) is 0.754. The van der Waals surface area contributed by atoms with Crippen molar-refractivity contribution in [2.24, 2.45) is 0 Å². The maximum atomic E-state index is 13.0. The lowest BCUT2D eigenvalue weighted by molar-refractivity contribution is -0.870. The summed E-state index contributed by atoms with van der Waals surface area (Å²) in [6.07, 6.45) is 85.2. The van der Waals surface area contributed by atoms with Crippen LogP contribution in [0.4, 0.5) is 0 Å². The molecule has 0 fully saturated rings. The zero-order chi connectivity index (χ0) is 57.0. The SMILES string of the molecule is CC/C=C\C/C=C\C/C=C\C/C=C\C/C=C\CCCCCCCCCCCC(=O)NC(COP(=O)([O-])OCC[N+](C)(C)C)C(O)/C=C/CC/C=C/CC/C=C/CCCCCCCCCCCCCCCCCCCCCCC. The molecule has 0 aliphatic heterocycles. The molecule has 0 bridgehead atoms. The Morgan fingerprint density at radius 2 is 0.795 bits per heavy atom. The van der Waals surface area contributed by atoms with Crippen molar-refractivity contribution in [3.8, 4) is 0 Å². The highest BCUT2D eigenvalue weighted by Crippen LogP contribution is 2.38. The summed E-state index contributed by atoms with van der Waals surface area (Å²) in [6.45, 7) is 4.52. The van der Waals surface area contributed by atoms with Crippen LogP contribution in [0, 0.1) is 0 Å². The van der Waals surface area contributed by atoms with E-state index in [0.29, 0.717) is 17.4 Å². The molecule has 0 saturated heterocycles. The van der Waals surface area contributed by atoms with Crippen molar-refractivity contribution in [2.45, 2.75) is 296 Å². The molecule has 0 radical (unpaired) electrons. The maximum absolute atomic E-state index is 13.0. The van der Waals surface area contributed by atoms with E-state index in [4.69, 9.17) is 9.05 Å². The number of nitrogens with zero attached hydrogens (tertiary/aromatic N) is 1. The number of rotatable bonds is 59. The van der Waals surface area contributed by atoms with Gasteiger partial charge in [0.25, 0.3) is 7.82 Å². The Kier molecular flexibility index (Phi) is 57.1. The molecule has 0 rings (SSSR count). The van der Waals surface area contributed by atoms with E-state index < -0.39 is 26.6 Å². The molecule has 9 heteroatoms. The van der Waals surface area contributed by atoms with Gasteiger partial charge in [-0.3, -0.25) is 9.36 Å². The van der Waals surface area contributed by atoms with Crippen LogP contribution in [0.15, 0.2) is 97.2 Å². The zero-order valence-electron chi connectivity index (χ0n) is 51.6. The van der Waals surface area contributed by atoms with Crippen molar-refractivity contribution in [1.29, 1.82) is 0 Å². The predicted octanol–water partition coefficient (Wildman–Crippen LogP) is 19.9. The van der Waals surface area contributed by atoms with Crippen molar-refractivity contribution in [1.82, 2.24) is 5.32 Å². The van der Waals surface area contributed by atoms with Gasteiger partial charge < -0.3 is 28.8 Å². The van der Waals surface area contributed by atoms with Crippen LogP contribution in [0.25, 0.3) is 0 Å². The minimum atomic E-state index is -4.62. The normalized spacial score (nSPS) is 14.4. The monoisotopic (exact) mass is 1110 g/mol. The summed E-state index contributed by atoms with van der Waals surface area (Å²) in [5.41, 5.74) is 0. The fourth-order valence-corrected chi connectivity index (χ4v) is 9.94. The van der Waals surface area contributed by atoms with Gasteiger partial charge >= 0.3 is 0 Å². The van der Waals surface area contributed by atoms with Gasteiger partial charge in [0.15, 0.2) is 0 Å². The van der Waals surface area contributed by atoms with E-state index in [1.54, 1.807) is 6.08 Å². The lowest BCUT2D eigenvalue weighted by atomic mass is 10.0. The number of amides is 1. The predicted molar refractivity (Wildman–Crippen MR) is 339 cm³/mol. The number of allylic oxidation sites excluding steroid dienone is 15.